The van der Waals surface area contributed by atoms with Gasteiger partial charge in [-0.3, -0.25) is 14.5 Å². The van der Waals surface area contributed by atoms with Gasteiger partial charge in [0.1, 0.15) is 36.2 Å². The fourth-order valence-corrected chi connectivity index (χ4v) is 5.87. The average molecular weight is 605 g/mol. The molecule has 3 heterocycles. The lowest BCUT2D eigenvalue weighted by atomic mass is 9.95. The van der Waals surface area contributed by atoms with Crippen LogP contribution in [0.1, 0.15) is 58.7 Å². The van der Waals surface area contributed by atoms with Crippen molar-refractivity contribution in [3.05, 3.63) is 82.4 Å². The molecule has 224 valence electrons. The van der Waals surface area contributed by atoms with E-state index in [0.29, 0.717) is 48.3 Å². The van der Waals surface area contributed by atoms with Crippen molar-refractivity contribution in [2.45, 2.75) is 39.2 Å². The molecule has 1 atom stereocenters. The Morgan fingerprint density at radius 2 is 1.95 bits per heavy atom. The van der Waals surface area contributed by atoms with E-state index in [-0.39, 0.29) is 33.5 Å². The number of anilines is 1. The predicted molar refractivity (Wildman–Crippen MR) is 161 cm³/mol. The van der Waals surface area contributed by atoms with Crippen LogP contribution in [0.15, 0.2) is 60.7 Å². The highest BCUT2D eigenvalue weighted by Crippen LogP contribution is 2.45. The summed E-state index contributed by atoms with van der Waals surface area (Å²) in [6, 6.07) is 10.8. The zero-order valence-corrected chi connectivity index (χ0v) is 24.8. The third kappa shape index (κ3) is 6.12. The van der Waals surface area contributed by atoms with Gasteiger partial charge >= 0.3 is 11.9 Å². The lowest BCUT2D eigenvalue weighted by molar-refractivity contribution is -0.132. The van der Waals surface area contributed by atoms with Gasteiger partial charge in [0, 0.05) is 5.56 Å². The second-order valence-electron chi connectivity index (χ2n) is 9.95. The number of thiazole rings is 1. The molecule has 5 rings (SSSR count). The first-order valence-electron chi connectivity index (χ1n) is 14.0. The summed E-state index contributed by atoms with van der Waals surface area (Å²) in [7, 11) is 0. The molecule has 1 N–H and O–H groups in total. The summed E-state index contributed by atoms with van der Waals surface area (Å²) < 4.78 is 22.4. The molecule has 11 heteroatoms. The van der Waals surface area contributed by atoms with Gasteiger partial charge in [0.15, 0.2) is 16.6 Å². The Labute approximate surface area is 253 Å². The molecule has 3 aromatic rings. The van der Waals surface area contributed by atoms with Crippen molar-refractivity contribution >= 4 is 39.9 Å². The molecular weight excluding hydrogens is 572 g/mol. The van der Waals surface area contributed by atoms with Crippen LogP contribution in [-0.2, 0) is 14.3 Å². The molecule has 0 bridgehead atoms. The van der Waals surface area contributed by atoms with Crippen molar-refractivity contribution in [3.63, 3.8) is 0 Å². The van der Waals surface area contributed by atoms with Crippen LogP contribution in [0.5, 0.6) is 17.2 Å². The van der Waals surface area contributed by atoms with Gasteiger partial charge in [-0.05, 0) is 49.2 Å². The Bertz CT molecular complexity index is 1590. The number of aromatic nitrogens is 1. The number of esters is 1. The van der Waals surface area contributed by atoms with E-state index >= 15 is 0 Å². The van der Waals surface area contributed by atoms with Gasteiger partial charge in [-0.25, -0.2) is 9.78 Å². The molecule has 2 aromatic carbocycles. The molecule has 1 amide bonds. The standard InChI is InChI=1S/C32H32N2O8S/c1-4-6-7-14-39-22-10-8-9-20(17-22)26-25(27(35)21-11-12-23-24(18-21)41-16-15-40-23)28(36)30(37)34(26)32-33-19(3)29(43-32)31(38)42-13-5-2/h5,8-12,17-18,26,35H,2,4,6-7,13-16H2,1,3H3. The fraction of sp³-hybridized carbons (Fsp3) is 0.312. The fourth-order valence-electron chi connectivity index (χ4n) is 4.88. The Kier molecular flexibility index (Phi) is 9.10. The minimum Gasteiger partial charge on any atom is -0.507 e. The number of aliphatic hydroxyl groups is 1. The van der Waals surface area contributed by atoms with Crippen molar-refractivity contribution in [2.24, 2.45) is 0 Å². The third-order valence-electron chi connectivity index (χ3n) is 6.96. The maximum absolute atomic E-state index is 13.7. The largest absolute Gasteiger partial charge is 0.507 e. The van der Waals surface area contributed by atoms with E-state index in [9.17, 15) is 19.5 Å². The second-order valence-corrected chi connectivity index (χ2v) is 10.9. The maximum Gasteiger partial charge on any atom is 0.350 e. The van der Waals surface area contributed by atoms with Crippen molar-refractivity contribution in [2.75, 3.05) is 31.3 Å². The number of carbonyl (C=O) groups is 3. The topological polar surface area (TPSA) is 124 Å². The lowest BCUT2D eigenvalue weighted by Crippen LogP contribution is -2.29. The Morgan fingerprint density at radius 1 is 1.16 bits per heavy atom. The number of benzene rings is 2. The van der Waals surface area contributed by atoms with Crippen molar-refractivity contribution in [3.8, 4) is 17.2 Å². The summed E-state index contributed by atoms with van der Waals surface area (Å²) in [5.74, 6) is -1.29. The number of hydrogen-bond donors (Lipinski definition) is 1. The second kappa shape index (κ2) is 13.1. The quantitative estimate of drug-likeness (QED) is 0.0726. The van der Waals surface area contributed by atoms with E-state index < -0.39 is 23.7 Å². The van der Waals surface area contributed by atoms with Gasteiger partial charge in [0.2, 0.25) is 0 Å². The molecule has 1 fully saturated rings. The van der Waals surface area contributed by atoms with E-state index in [2.05, 4.69) is 18.5 Å². The number of nitrogens with zero attached hydrogens (tertiary/aromatic N) is 2. The van der Waals surface area contributed by atoms with E-state index in [0.717, 1.165) is 30.6 Å². The molecule has 1 aromatic heterocycles. The molecule has 2 aliphatic heterocycles. The monoisotopic (exact) mass is 604 g/mol. The first-order valence-corrected chi connectivity index (χ1v) is 14.8. The SMILES string of the molecule is C=CCOC(=O)c1sc(N2C(=O)C(=O)C(=C(O)c3ccc4c(c3)OCCO4)C2c2cccc(OCCCCC)c2)nc1C. The number of ketones is 1. The number of ether oxygens (including phenoxy) is 4. The summed E-state index contributed by atoms with van der Waals surface area (Å²) in [5.41, 5.74) is 1.01. The van der Waals surface area contributed by atoms with Gasteiger partial charge in [0.25, 0.3) is 5.78 Å². The third-order valence-corrected chi connectivity index (χ3v) is 8.10. The summed E-state index contributed by atoms with van der Waals surface area (Å²) in [5, 5.41) is 11.7. The smallest absolute Gasteiger partial charge is 0.350 e. The highest BCUT2D eigenvalue weighted by Gasteiger charge is 2.48. The molecule has 1 unspecified atom stereocenters. The van der Waals surface area contributed by atoms with E-state index in [1.807, 2.05) is 0 Å². The number of amides is 1. The van der Waals surface area contributed by atoms with Gasteiger partial charge < -0.3 is 24.1 Å². The van der Waals surface area contributed by atoms with Crippen LogP contribution >= 0.6 is 11.3 Å². The molecule has 0 saturated carbocycles. The number of aliphatic hydroxyl groups excluding tert-OH is 1. The maximum atomic E-state index is 13.7. The summed E-state index contributed by atoms with van der Waals surface area (Å²) in [6.07, 6.45) is 4.40. The zero-order chi connectivity index (χ0) is 30.5. The van der Waals surface area contributed by atoms with Crippen molar-refractivity contribution in [1.29, 1.82) is 0 Å². The predicted octanol–water partition coefficient (Wildman–Crippen LogP) is 5.76. The molecule has 0 radical (unpaired) electrons. The lowest BCUT2D eigenvalue weighted by Gasteiger charge is -2.24. The van der Waals surface area contributed by atoms with E-state index in [4.69, 9.17) is 18.9 Å². The van der Waals surface area contributed by atoms with Crippen LogP contribution in [0.3, 0.4) is 0 Å². The van der Waals surface area contributed by atoms with Gasteiger partial charge in [0.05, 0.1) is 23.9 Å². The normalized spacial score (nSPS) is 17.2. The molecule has 1 saturated heterocycles. The molecule has 2 aliphatic rings. The van der Waals surface area contributed by atoms with Crippen LogP contribution < -0.4 is 19.1 Å². The van der Waals surface area contributed by atoms with Gasteiger partial charge in [-0.1, -0.05) is 55.9 Å². The molecule has 43 heavy (non-hydrogen) atoms. The summed E-state index contributed by atoms with van der Waals surface area (Å²) in [6.45, 7) is 8.54. The number of carbonyl (C=O) groups excluding carboxylic acids is 3. The van der Waals surface area contributed by atoms with E-state index in [1.54, 1.807) is 49.4 Å². The van der Waals surface area contributed by atoms with Crippen molar-refractivity contribution < 1.29 is 38.4 Å². The van der Waals surface area contributed by atoms with Crippen molar-refractivity contribution in [1.82, 2.24) is 4.98 Å². The van der Waals surface area contributed by atoms with Crippen LogP contribution in [0, 0.1) is 6.92 Å². The molecular formula is C32H32N2O8S. The number of Topliss-reactive ketones (excluding diaryl/α,β-unsaturated/α-hetero) is 1. The van der Waals surface area contributed by atoms with Gasteiger partial charge in [-0.2, -0.15) is 0 Å². The van der Waals surface area contributed by atoms with Crippen LogP contribution in [0.2, 0.25) is 0 Å². The number of unbranched alkanes of at least 4 members (excludes halogenated alkanes) is 2. The van der Waals surface area contributed by atoms with Gasteiger partial charge in [-0.15, -0.1) is 0 Å². The van der Waals surface area contributed by atoms with E-state index in [1.165, 1.54) is 11.0 Å². The number of rotatable bonds is 11. The highest BCUT2D eigenvalue weighted by atomic mass is 32.1. The minimum atomic E-state index is -1.06. The first-order chi connectivity index (χ1) is 20.8. The Hall–Kier alpha value is -4.64. The van der Waals surface area contributed by atoms with Crippen LogP contribution in [0.25, 0.3) is 5.76 Å². The molecule has 10 nitrogen and oxygen atoms in total. The summed E-state index contributed by atoms with van der Waals surface area (Å²) >= 11 is 0.932. The first kappa shape index (κ1) is 29.8. The van der Waals surface area contributed by atoms with Crippen LogP contribution in [-0.4, -0.2) is 54.2 Å². The van der Waals surface area contributed by atoms with Crippen LogP contribution in [0.4, 0.5) is 5.13 Å². The zero-order valence-electron chi connectivity index (χ0n) is 24.0. The molecule has 0 aliphatic carbocycles. The summed E-state index contributed by atoms with van der Waals surface area (Å²) in [4.78, 5) is 45.8. The Balaban J connectivity index is 1.61. The average Bonchev–Trinajstić information content (AvgIpc) is 3.53. The number of hydrogen-bond acceptors (Lipinski definition) is 10. The highest BCUT2D eigenvalue weighted by molar-refractivity contribution is 7.17. The molecule has 0 spiro atoms. The minimum absolute atomic E-state index is 0.0105. The number of aryl methyl sites for hydroxylation is 1. The number of fused-ring (bicyclic) bond motifs is 1. The Morgan fingerprint density at radius 3 is 2.72 bits per heavy atom.